The van der Waals surface area contributed by atoms with Crippen molar-refractivity contribution >= 4 is 26.6 Å². The van der Waals surface area contributed by atoms with Crippen LogP contribution in [0.15, 0.2) is 51.8 Å². The maximum atomic E-state index is 11.6. The number of hydrogen-bond acceptors (Lipinski definition) is 5. The molecule has 0 saturated heterocycles. The van der Waals surface area contributed by atoms with Crippen LogP contribution >= 0.6 is 0 Å². The minimum Gasteiger partial charge on any atom is -0.436 e. The lowest BCUT2D eigenvalue weighted by atomic mass is 10.2. The molecule has 0 aliphatic rings. The Hall–Kier alpha value is -2.34. The number of sulfone groups is 1. The monoisotopic (exact) mass is 302 g/mol. The molecule has 0 unspecified atom stereocenters. The quantitative estimate of drug-likeness (QED) is 0.805. The van der Waals surface area contributed by atoms with E-state index in [0.29, 0.717) is 17.0 Å². The van der Waals surface area contributed by atoms with Gasteiger partial charge in [-0.1, -0.05) is 12.1 Å². The minimum absolute atomic E-state index is 0.233. The van der Waals surface area contributed by atoms with Crippen molar-refractivity contribution in [2.75, 3.05) is 18.6 Å². The molecule has 3 aromatic rings. The van der Waals surface area contributed by atoms with E-state index in [2.05, 4.69) is 10.3 Å². The van der Waals surface area contributed by atoms with Gasteiger partial charge in [0.05, 0.1) is 10.5 Å². The average molecular weight is 302 g/mol. The van der Waals surface area contributed by atoms with Crippen molar-refractivity contribution in [2.24, 2.45) is 0 Å². The molecule has 0 amide bonds. The van der Waals surface area contributed by atoms with Crippen molar-refractivity contribution in [2.45, 2.75) is 4.90 Å². The molecule has 0 radical (unpaired) electrons. The highest BCUT2D eigenvalue weighted by molar-refractivity contribution is 7.90. The molecule has 0 fully saturated rings. The molecule has 0 aliphatic heterocycles. The van der Waals surface area contributed by atoms with Gasteiger partial charge in [0.15, 0.2) is 15.4 Å². The second-order valence-corrected chi connectivity index (χ2v) is 6.73. The number of hydrogen-bond donors (Lipinski definition) is 1. The zero-order valence-corrected chi connectivity index (χ0v) is 12.4. The van der Waals surface area contributed by atoms with Crippen molar-refractivity contribution in [3.8, 4) is 11.5 Å². The van der Waals surface area contributed by atoms with Crippen LogP contribution in [-0.4, -0.2) is 26.7 Å². The molecule has 0 bridgehead atoms. The molecule has 1 heterocycles. The third-order valence-corrected chi connectivity index (χ3v) is 4.32. The Labute approximate surface area is 122 Å². The van der Waals surface area contributed by atoms with Crippen LogP contribution < -0.4 is 5.32 Å². The lowest BCUT2D eigenvalue weighted by Crippen LogP contribution is -1.96. The maximum absolute atomic E-state index is 11.6. The van der Waals surface area contributed by atoms with E-state index in [1.807, 2.05) is 31.3 Å². The number of aromatic nitrogens is 1. The van der Waals surface area contributed by atoms with E-state index < -0.39 is 9.84 Å². The summed E-state index contributed by atoms with van der Waals surface area (Å²) in [5.74, 6) is 0.459. The van der Waals surface area contributed by atoms with Crippen molar-refractivity contribution in [1.29, 1.82) is 0 Å². The largest absolute Gasteiger partial charge is 0.436 e. The maximum Gasteiger partial charge on any atom is 0.229 e. The zero-order chi connectivity index (χ0) is 15.0. The van der Waals surface area contributed by atoms with Crippen LogP contribution in [0.3, 0.4) is 0 Å². The third-order valence-electron chi connectivity index (χ3n) is 3.21. The molecule has 0 saturated carbocycles. The van der Waals surface area contributed by atoms with Gasteiger partial charge in [0, 0.05) is 19.0 Å². The molecular weight excluding hydrogens is 288 g/mol. The summed E-state index contributed by atoms with van der Waals surface area (Å²) in [7, 11) is -1.43. The number of fused-ring (bicyclic) bond motifs is 1. The van der Waals surface area contributed by atoms with Gasteiger partial charge < -0.3 is 9.73 Å². The lowest BCUT2D eigenvalue weighted by molar-refractivity contribution is 0.602. The highest BCUT2D eigenvalue weighted by Crippen LogP contribution is 2.30. The predicted molar refractivity (Wildman–Crippen MR) is 82.1 cm³/mol. The van der Waals surface area contributed by atoms with Gasteiger partial charge in [-0.2, -0.15) is 0 Å². The van der Waals surface area contributed by atoms with E-state index in [4.69, 9.17) is 4.42 Å². The van der Waals surface area contributed by atoms with E-state index in [-0.39, 0.29) is 4.90 Å². The normalized spacial score (nSPS) is 11.7. The molecule has 1 aromatic heterocycles. The summed E-state index contributed by atoms with van der Waals surface area (Å²) in [6.07, 6.45) is 1.17. The summed E-state index contributed by atoms with van der Waals surface area (Å²) < 4.78 is 28.9. The highest BCUT2D eigenvalue weighted by atomic mass is 32.2. The number of oxazole rings is 1. The van der Waals surface area contributed by atoms with Gasteiger partial charge in [-0.25, -0.2) is 13.4 Å². The van der Waals surface area contributed by atoms with Gasteiger partial charge in [-0.3, -0.25) is 0 Å². The van der Waals surface area contributed by atoms with Gasteiger partial charge in [-0.15, -0.1) is 0 Å². The Morgan fingerprint density at radius 3 is 2.62 bits per heavy atom. The fraction of sp³-hybridized carbons (Fsp3) is 0.133. The first-order chi connectivity index (χ1) is 9.99. The Balaban J connectivity index is 2.18. The van der Waals surface area contributed by atoms with Crippen molar-refractivity contribution in [3.05, 3.63) is 42.5 Å². The Morgan fingerprint density at radius 1 is 1.14 bits per heavy atom. The molecule has 21 heavy (non-hydrogen) atoms. The number of para-hydroxylation sites is 1. The Morgan fingerprint density at radius 2 is 1.90 bits per heavy atom. The Bertz CT molecular complexity index is 914. The van der Waals surface area contributed by atoms with Crippen LogP contribution in [0.2, 0.25) is 0 Å². The van der Waals surface area contributed by atoms with Gasteiger partial charge >= 0.3 is 0 Å². The van der Waals surface area contributed by atoms with Gasteiger partial charge in [0.2, 0.25) is 5.89 Å². The fourth-order valence-corrected chi connectivity index (χ4v) is 2.78. The first-order valence-corrected chi connectivity index (χ1v) is 8.26. The average Bonchev–Trinajstić information content (AvgIpc) is 2.89. The van der Waals surface area contributed by atoms with Gasteiger partial charge in [0.25, 0.3) is 0 Å². The summed E-state index contributed by atoms with van der Waals surface area (Å²) in [4.78, 5) is 4.63. The van der Waals surface area contributed by atoms with E-state index in [9.17, 15) is 8.42 Å². The summed E-state index contributed by atoms with van der Waals surface area (Å²) in [6.45, 7) is 0. The summed E-state index contributed by atoms with van der Waals surface area (Å²) in [6, 6.07) is 12.3. The molecule has 5 nitrogen and oxygen atoms in total. The molecule has 0 aliphatic carbocycles. The number of anilines is 1. The molecule has 0 spiro atoms. The summed E-state index contributed by atoms with van der Waals surface area (Å²) in [5, 5.41) is 3.08. The molecule has 108 valence electrons. The standard InChI is InChI=1S/C15H14N2O3S/c1-16-12-6-4-3-5-11(12)15-17-13-9-10(21(2,18)19)7-8-14(13)20-15/h3-9,16H,1-2H3. The van der Waals surface area contributed by atoms with Crippen LogP contribution in [0.25, 0.3) is 22.6 Å². The Kier molecular flexibility index (Phi) is 3.17. The summed E-state index contributed by atoms with van der Waals surface area (Å²) >= 11 is 0. The first kappa shape index (κ1) is 13.6. The second-order valence-electron chi connectivity index (χ2n) is 4.72. The van der Waals surface area contributed by atoms with Crippen LogP contribution in [-0.2, 0) is 9.84 Å². The van der Waals surface area contributed by atoms with E-state index in [0.717, 1.165) is 11.3 Å². The third kappa shape index (κ3) is 2.50. The molecule has 0 atom stereocenters. The van der Waals surface area contributed by atoms with Crippen LogP contribution in [0, 0.1) is 0 Å². The smallest absolute Gasteiger partial charge is 0.229 e. The van der Waals surface area contributed by atoms with E-state index in [1.165, 1.54) is 18.4 Å². The molecule has 3 rings (SSSR count). The van der Waals surface area contributed by atoms with Gasteiger partial charge in [0.1, 0.15) is 5.52 Å². The summed E-state index contributed by atoms with van der Waals surface area (Å²) in [5.41, 5.74) is 2.81. The molecule has 1 N–H and O–H groups in total. The lowest BCUT2D eigenvalue weighted by Gasteiger charge is -2.04. The molecule has 6 heteroatoms. The number of benzene rings is 2. The van der Waals surface area contributed by atoms with Crippen LogP contribution in [0.5, 0.6) is 0 Å². The van der Waals surface area contributed by atoms with Crippen molar-refractivity contribution in [1.82, 2.24) is 4.98 Å². The predicted octanol–water partition coefficient (Wildman–Crippen LogP) is 2.94. The van der Waals surface area contributed by atoms with Crippen LogP contribution in [0.1, 0.15) is 0 Å². The number of nitrogens with zero attached hydrogens (tertiary/aromatic N) is 1. The number of nitrogens with one attached hydrogen (secondary N) is 1. The highest BCUT2D eigenvalue weighted by Gasteiger charge is 2.14. The van der Waals surface area contributed by atoms with E-state index in [1.54, 1.807) is 6.07 Å². The topological polar surface area (TPSA) is 72.2 Å². The SMILES string of the molecule is CNc1ccccc1-c1nc2cc(S(C)(=O)=O)ccc2o1. The number of rotatable bonds is 3. The fourth-order valence-electron chi connectivity index (χ4n) is 2.14. The van der Waals surface area contributed by atoms with Gasteiger partial charge in [-0.05, 0) is 30.3 Å². The van der Waals surface area contributed by atoms with Crippen LogP contribution in [0.4, 0.5) is 5.69 Å². The minimum atomic E-state index is -3.26. The first-order valence-electron chi connectivity index (χ1n) is 6.37. The molecule has 2 aromatic carbocycles. The second kappa shape index (κ2) is 4.89. The zero-order valence-electron chi connectivity index (χ0n) is 11.6. The van der Waals surface area contributed by atoms with Crippen molar-refractivity contribution in [3.63, 3.8) is 0 Å². The van der Waals surface area contributed by atoms with E-state index >= 15 is 0 Å². The molecular formula is C15H14N2O3S. The van der Waals surface area contributed by atoms with Crippen molar-refractivity contribution < 1.29 is 12.8 Å².